The molecule has 2 aromatic rings. The van der Waals surface area contributed by atoms with Crippen LogP contribution in [0.15, 0.2) is 40.9 Å². The second-order valence-electron chi connectivity index (χ2n) is 4.58. The number of halogens is 3. The smallest absolute Gasteiger partial charge is 0.258 e. The Kier molecular flexibility index (Phi) is 3.30. The van der Waals surface area contributed by atoms with Gasteiger partial charge in [-0.1, -0.05) is 18.2 Å². The van der Waals surface area contributed by atoms with Crippen LogP contribution in [0.5, 0.6) is 0 Å². The van der Waals surface area contributed by atoms with Crippen LogP contribution in [0.4, 0.5) is 14.5 Å². The molecule has 2 nitrogen and oxygen atoms in total. The highest BCUT2D eigenvalue weighted by molar-refractivity contribution is 9.10. The van der Waals surface area contributed by atoms with Crippen LogP contribution < -0.4 is 4.90 Å². The van der Waals surface area contributed by atoms with Crippen molar-refractivity contribution in [2.75, 3.05) is 11.4 Å². The molecular weight excluding hydrogens is 328 g/mol. The van der Waals surface area contributed by atoms with E-state index in [1.54, 1.807) is 12.1 Å². The Hall–Kier alpha value is -1.75. The third-order valence-corrected chi connectivity index (χ3v) is 3.99. The summed E-state index contributed by atoms with van der Waals surface area (Å²) in [4.78, 5) is 13.7. The Morgan fingerprint density at radius 3 is 2.65 bits per heavy atom. The first-order valence-electron chi connectivity index (χ1n) is 6.12. The van der Waals surface area contributed by atoms with Crippen LogP contribution in [-0.2, 0) is 6.42 Å². The monoisotopic (exact) mass is 337 g/mol. The zero-order valence-corrected chi connectivity index (χ0v) is 12.0. The van der Waals surface area contributed by atoms with E-state index in [2.05, 4.69) is 15.9 Å². The number of amides is 1. The Labute approximate surface area is 123 Å². The number of nitrogens with zero attached hydrogens (tertiary/aromatic N) is 1. The molecule has 3 rings (SSSR count). The molecule has 1 heterocycles. The van der Waals surface area contributed by atoms with E-state index in [-0.39, 0.29) is 16.1 Å². The molecule has 0 aromatic heterocycles. The van der Waals surface area contributed by atoms with Gasteiger partial charge in [0.1, 0.15) is 11.6 Å². The molecule has 20 heavy (non-hydrogen) atoms. The zero-order chi connectivity index (χ0) is 14.3. The van der Waals surface area contributed by atoms with Gasteiger partial charge in [0, 0.05) is 18.2 Å². The molecule has 0 saturated carbocycles. The van der Waals surface area contributed by atoms with Gasteiger partial charge in [-0.2, -0.15) is 0 Å². The molecule has 1 amide bonds. The van der Waals surface area contributed by atoms with Gasteiger partial charge < -0.3 is 4.90 Å². The number of benzene rings is 2. The average Bonchev–Trinajstić information content (AvgIpc) is 2.44. The minimum Gasteiger partial charge on any atom is -0.305 e. The summed E-state index contributed by atoms with van der Waals surface area (Å²) in [5.74, 6) is -1.51. The number of fused-ring (bicyclic) bond motifs is 1. The highest BCUT2D eigenvalue weighted by Gasteiger charge is 2.27. The first-order chi connectivity index (χ1) is 9.58. The molecular formula is C15H10BrF2NO. The molecule has 0 saturated heterocycles. The summed E-state index contributed by atoms with van der Waals surface area (Å²) in [5.41, 5.74) is 1.46. The summed E-state index contributed by atoms with van der Waals surface area (Å²) in [6.45, 7) is 0.341. The van der Waals surface area contributed by atoms with Gasteiger partial charge in [-0.05, 0) is 40.0 Å². The first-order valence-corrected chi connectivity index (χ1v) is 6.91. The SMILES string of the molecule is O=C1c2ccccc2CCN1c1cc(F)c(Br)cc1F. The van der Waals surface area contributed by atoms with E-state index >= 15 is 0 Å². The maximum Gasteiger partial charge on any atom is 0.258 e. The van der Waals surface area contributed by atoms with Gasteiger partial charge in [0.15, 0.2) is 0 Å². The summed E-state index contributed by atoms with van der Waals surface area (Å²) in [6.07, 6.45) is 0.624. The lowest BCUT2D eigenvalue weighted by Crippen LogP contribution is -2.38. The largest absolute Gasteiger partial charge is 0.305 e. The maximum absolute atomic E-state index is 14.0. The summed E-state index contributed by atoms with van der Waals surface area (Å²) in [7, 11) is 0. The van der Waals surface area contributed by atoms with Gasteiger partial charge in [-0.3, -0.25) is 4.79 Å². The van der Waals surface area contributed by atoms with Gasteiger partial charge in [0.25, 0.3) is 5.91 Å². The molecule has 1 aliphatic rings. The van der Waals surface area contributed by atoms with Gasteiger partial charge >= 0.3 is 0 Å². The molecule has 0 atom stereocenters. The lowest BCUT2D eigenvalue weighted by atomic mass is 9.98. The maximum atomic E-state index is 14.0. The summed E-state index contributed by atoms with van der Waals surface area (Å²) in [6, 6.07) is 9.30. The van der Waals surface area contributed by atoms with Crippen molar-refractivity contribution >= 4 is 27.5 Å². The van der Waals surface area contributed by atoms with Crippen LogP contribution in [0.2, 0.25) is 0 Å². The number of anilines is 1. The van der Waals surface area contributed by atoms with Crippen LogP contribution in [0.25, 0.3) is 0 Å². The van der Waals surface area contributed by atoms with Crippen molar-refractivity contribution in [2.24, 2.45) is 0 Å². The van der Waals surface area contributed by atoms with E-state index in [0.717, 1.165) is 17.7 Å². The van der Waals surface area contributed by atoms with Crippen molar-refractivity contribution in [3.8, 4) is 0 Å². The minimum atomic E-state index is -0.619. The fourth-order valence-corrected chi connectivity index (χ4v) is 2.69. The van der Waals surface area contributed by atoms with Crippen molar-refractivity contribution in [3.63, 3.8) is 0 Å². The first kappa shape index (κ1) is 13.2. The van der Waals surface area contributed by atoms with E-state index in [1.165, 1.54) is 4.90 Å². The van der Waals surface area contributed by atoms with E-state index in [0.29, 0.717) is 18.5 Å². The highest BCUT2D eigenvalue weighted by Crippen LogP contribution is 2.30. The van der Waals surface area contributed by atoms with E-state index < -0.39 is 11.6 Å². The quantitative estimate of drug-likeness (QED) is 0.722. The van der Waals surface area contributed by atoms with Crippen molar-refractivity contribution in [1.82, 2.24) is 0 Å². The number of hydrogen-bond donors (Lipinski definition) is 0. The molecule has 0 spiro atoms. The predicted octanol–water partition coefficient (Wildman–Crippen LogP) is 3.93. The summed E-state index contributed by atoms with van der Waals surface area (Å²) < 4.78 is 27.6. The zero-order valence-electron chi connectivity index (χ0n) is 10.4. The average molecular weight is 338 g/mol. The Balaban J connectivity index is 2.05. The van der Waals surface area contributed by atoms with Crippen molar-refractivity contribution < 1.29 is 13.6 Å². The topological polar surface area (TPSA) is 20.3 Å². The molecule has 1 aliphatic heterocycles. The molecule has 0 aliphatic carbocycles. The molecule has 0 fully saturated rings. The molecule has 0 N–H and O–H groups in total. The van der Waals surface area contributed by atoms with Crippen LogP contribution >= 0.6 is 15.9 Å². The predicted molar refractivity (Wildman–Crippen MR) is 75.9 cm³/mol. The lowest BCUT2D eigenvalue weighted by molar-refractivity contribution is 0.0979. The summed E-state index contributed by atoms with van der Waals surface area (Å²) >= 11 is 2.93. The Bertz CT molecular complexity index is 702. The highest BCUT2D eigenvalue weighted by atomic mass is 79.9. The third kappa shape index (κ3) is 2.12. The molecule has 0 radical (unpaired) electrons. The second kappa shape index (κ2) is 4.98. The van der Waals surface area contributed by atoms with Gasteiger partial charge in [-0.15, -0.1) is 0 Å². The Morgan fingerprint density at radius 1 is 1.10 bits per heavy atom. The molecule has 102 valence electrons. The van der Waals surface area contributed by atoms with E-state index in [4.69, 9.17) is 0 Å². The van der Waals surface area contributed by atoms with Gasteiger partial charge in [0.2, 0.25) is 0 Å². The number of hydrogen-bond acceptors (Lipinski definition) is 1. The molecule has 5 heteroatoms. The number of carbonyl (C=O) groups is 1. The fraction of sp³-hybridized carbons (Fsp3) is 0.133. The number of carbonyl (C=O) groups excluding carboxylic acids is 1. The molecule has 0 bridgehead atoms. The van der Waals surface area contributed by atoms with Crippen molar-refractivity contribution in [3.05, 3.63) is 63.6 Å². The second-order valence-corrected chi connectivity index (χ2v) is 5.44. The molecule has 0 unspecified atom stereocenters. The summed E-state index contributed by atoms with van der Waals surface area (Å²) in [5, 5.41) is 0. The van der Waals surface area contributed by atoms with Crippen molar-refractivity contribution in [1.29, 1.82) is 0 Å². The minimum absolute atomic E-state index is 0.0230. The third-order valence-electron chi connectivity index (χ3n) is 3.38. The van der Waals surface area contributed by atoms with Crippen LogP contribution in [0.1, 0.15) is 15.9 Å². The van der Waals surface area contributed by atoms with Gasteiger partial charge in [-0.25, -0.2) is 8.78 Å². The van der Waals surface area contributed by atoms with Gasteiger partial charge in [0.05, 0.1) is 10.2 Å². The molecule has 2 aromatic carbocycles. The van der Waals surface area contributed by atoms with Crippen molar-refractivity contribution in [2.45, 2.75) is 6.42 Å². The van der Waals surface area contributed by atoms with Crippen LogP contribution in [0.3, 0.4) is 0 Å². The normalized spacial score (nSPS) is 14.3. The lowest BCUT2D eigenvalue weighted by Gasteiger charge is -2.29. The fourth-order valence-electron chi connectivity index (χ4n) is 2.37. The standard InChI is InChI=1S/C15H10BrF2NO/c16-11-7-13(18)14(8-12(11)17)19-6-5-9-3-1-2-4-10(9)15(19)20/h1-4,7-8H,5-6H2. The van der Waals surface area contributed by atoms with Crippen LogP contribution in [0, 0.1) is 11.6 Å². The van der Waals surface area contributed by atoms with E-state index in [9.17, 15) is 13.6 Å². The Morgan fingerprint density at radius 2 is 1.85 bits per heavy atom. The number of rotatable bonds is 1. The van der Waals surface area contributed by atoms with E-state index in [1.807, 2.05) is 12.1 Å². The van der Waals surface area contributed by atoms with Crippen LogP contribution in [-0.4, -0.2) is 12.5 Å².